The fourth-order valence-electron chi connectivity index (χ4n) is 2.40. The number of carboxylic acids is 1. The largest absolute Gasteiger partial charge is 0.481 e. The lowest BCUT2D eigenvalue weighted by molar-refractivity contribution is -0.148. The molecule has 0 radical (unpaired) electrons. The highest BCUT2D eigenvalue weighted by Gasteiger charge is 2.41. The third-order valence-corrected chi connectivity index (χ3v) is 4.18. The van der Waals surface area contributed by atoms with E-state index in [0.29, 0.717) is 12.8 Å². The molecule has 0 spiro atoms. The molecule has 2 atom stereocenters. The van der Waals surface area contributed by atoms with Crippen LogP contribution in [0.3, 0.4) is 0 Å². The van der Waals surface area contributed by atoms with Crippen molar-refractivity contribution in [3.63, 3.8) is 0 Å². The molecule has 1 saturated carbocycles. The van der Waals surface area contributed by atoms with Crippen LogP contribution in [0.5, 0.6) is 0 Å². The summed E-state index contributed by atoms with van der Waals surface area (Å²) in [5.41, 5.74) is 5.04. The van der Waals surface area contributed by atoms with E-state index < -0.39 is 17.4 Å². The number of nitrogens with two attached hydrogens (primary N) is 1. The smallest absolute Gasteiger partial charge is 0.311 e. The molecule has 1 aliphatic carbocycles. The Morgan fingerprint density at radius 2 is 1.94 bits per heavy atom. The average Bonchev–Trinajstić information content (AvgIpc) is 2.84. The fourth-order valence-corrected chi connectivity index (χ4v) is 2.40. The first-order chi connectivity index (χ1) is 8.43. The first kappa shape index (κ1) is 15.0. The van der Waals surface area contributed by atoms with Gasteiger partial charge >= 0.3 is 5.97 Å². The van der Waals surface area contributed by atoms with Gasteiger partial charge in [0.25, 0.3) is 0 Å². The van der Waals surface area contributed by atoms with Crippen molar-refractivity contribution < 1.29 is 14.7 Å². The summed E-state index contributed by atoms with van der Waals surface area (Å²) in [7, 11) is 0. The van der Waals surface area contributed by atoms with Gasteiger partial charge < -0.3 is 16.2 Å². The number of hydrogen-bond acceptors (Lipinski definition) is 3. The first-order valence-corrected chi connectivity index (χ1v) is 6.69. The zero-order valence-electron chi connectivity index (χ0n) is 11.2. The van der Waals surface area contributed by atoms with Crippen LogP contribution in [0.4, 0.5) is 0 Å². The van der Waals surface area contributed by atoms with Crippen LogP contribution in [0.1, 0.15) is 46.0 Å². The van der Waals surface area contributed by atoms with Gasteiger partial charge in [-0.15, -0.1) is 0 Å². The predicted octanol–water partition coefficient (Wildman–Crippen LogP) is 1.12. The van der Waals surface area contributed by atoms with Gasteiger partial charge in [0.05, 0.1) is 11.5 Å². The van der Waals surface area contributed by atoms with Crippen LogP contribution in [0.2, 0.25) is 0 Å². The molecule has 0 bridgehead atoms. The van der Waals surface area contributed by atoms with Gasteiger partial charge in [-0.1, -0.05) is 33.1 Å². The minimum Gasteiger partial charge on any atom is -0.481 e. The standard InChI is InChI=1S/C13H24N2O3/c1-3-9(2)10(14)11(16)15-8-13(12(17)18)6-4-5-7-13/h9-10H,3-8,14H2,1-2H3,(H,15,16)(H,17,18)/t9?,10-/m0/s1. The molecule has 5 nitrogen and oxygen atoms in total. The molecule has 1 fully saturated rings. The highest BCUT2D eigenvalue weighted by Crippen LogP contribution is 2.37. The first-order valence-electron chi connectivity index (χ1n) is 6.69. The maximum absolute atomic E-state index is 11.8. The second-order valence-corrected chi connectivity index (χ2v) is 5.42. The summed E-state index contributed by atoms with van der Waals surface area (Å²) in [6.07, 6.45) is 3.94. The zero-order chi connectivity index (χ0) is 13.8. The molecule has 18 heavy (non-hydrogen) atoms. The van der Waals surface area contributed by atoms with E-state index in [1.165, 1.54) is 0 Å². The lowest BCUT2D eigenvalue weighted by Crippen LogP contribution is -2.49. The molecular weight excluding hydrogens is 232 g/mol. The third kappa shape index (κ3) is 3.22. The van der Waals surface area contributed by atoms with Gasteiger partial charge in [0.2, 0.25) is 5.91 Å². The van der Waals surface area contributed by atoms with Crippen LogP contribution in [0.25, 0.3) is 0 Å². The summed E-state index contributed by atoms with van der Waals surface area (Å²) in [6.45, 7) is 4.10. The lowest BCUT2D eigenvalue weighted by atomic mass is 9.86. The van der Waals surface area contributed by atoms with Crippen LogP contribution in [0.15, 0.2) is 0 Å². The Morgan fingerprint density at radius 3 is 2.39 bits per heavy atom. The van der Waals surface area contributed by atoms with Crippen molar-refractivity contribution in [3.8, 4) is 0 Å². The number of nitrogens with one attached hydrogen (secondary N) is 1. The Morgan fingerprint density at radius 1 is 1.39 bits per heavy atom. The zero-order valence-corrected chi connectivity index (χ0v) is 11.2. The van der Waals surface area contributed by atoms with Crippen LogP contribution in [0, 0.1) is 11.3 Å². The average molecular weight is 256 g/mol. The SMILES string of the molecule is CCC(C)[C@H](N)C(=O)NCC1(C(=O)O)CCCC1. The van der Waals surface area contributed by atoms with Crippen molar-refractivity contribution in [2.75, 3.05) is 6.54 Å². The van der Waals surface area contributed by atoms with Crippen molar-refractivity contribution in [2.24, 2.45) is 17.1 Å². The van der Waals surface area contributed by atoms with Crippen molar-refractivity contribution in [3.05, 3.63) is 0 Å². The second kappa shape index (κ2) is 6.18. The molecule has 1 rings (SSSR count). The number of hydrogen-bond donors (Lipinski definition) is 3. The maximum Gasteiger partial charge on any atom is 0.311 e. The highest BCUT2D eigenvalue weighted by atomic mass is 16.4. The molecule has 0 aromatic carbocycles. The highest BCUT2D eigenvalue weighted by molar-refractivity contribution is 5.83. The molecule has 0 aromatic rings. The van der Waals surface area contributed by atoms with Crippen molar-refractivity contribution >= 4 is 11.9 Å². The topological polar surface area (TPSA) is 92.4 Å². The van der Waals surface area contributed by atoms with Gasteiger partial charge in [-0.3, -0.25) is 9.59 Å². The minimum absolute atomic E-state index is 0.106. The molecule has 1 aliphatic rings. The van der Waals surface area contributed by atoms with Crippen molar-refractivity contribution in [1.82, 2.24) is 5.32 Å². The molecule has 0 saturated heterocycles. The van der Waals surface area contributed by atoms with Gasteiger partial charge in [0.15, 0.2) is 0 Å². The van der Waals surface area contributed by atoms with E-state index >= 15 is 0 Å². The Kier molecular flexibility index (Phi) is 5.14. The van der Waals surface area contributed by atoms with E-state index in [9.17, 15) is 14.7 Å². The van der Waals surface area contributed by atoms with E-state index in [1.54, 1.807) is 0 Å². The molecule has 1 amide bonds. The number of carbonyl (C=O) groups excluding carboxylic acids is 1. The number of carboxylic acid groups (broad SMARTS) is 1. The van der Waals surface area contributed by atoms with E-state index in [4.69, 9.17) is 5.73 Å². The van der Waals surface area contributed by atoms with Crippen LogP contribution in [-0.4, -0.2) is 29.6 Å². The normalized spacial score (nSPS) is 21.3. The van der Waals surface area contributed by atoms with Gasteiger partial charge in [-0.25, -0.2) is 0 Å². The Hall–Kier alpha value is -1.10. The predicted molar refractivity (Wildman–Crippen MR) is 69.0 cm³/mol. The Bertz CT molecular complexity index is 311. The van der Waals surface area contributed by atoms with Gasteiger partial charge in [-0.2, -0.15) is 0 Å². The summed E-state index contributed by atoms with van der Waals surface area (Å²) in [5.74, 6) is -0.941. The fraction of sp³-hybridized carbons (Fsp3) is 0.846. The number of aliphatic carboxylic acids is 1. The molecule has 0 aromatic heterocycles. The van der Waals surface area contributed by atoms with E-state index in [1.807, 2.05) is 13.8 Å². The number of rotatable bonds is 6. The van der Waals surface area contributed by atoms with Gasteiger partial charge in [0.1, 0.15) is 0 Å². The maximum atomic E-state index is 11.8. The van der Waals surface area contributed by atoms with Crippen LogP contribution >= 0.6 is 0 Å². The number of amides is 1. The van der Waals surface area contributed by atoms with E-state index in [0.717, 1.165) is 19.3 Å². The van der Waals surface area contributed by atoms with E-state index in [-0.39, 0.29) is 18.4 Å². The summed E-state index contributed by atoms with van der Waals surface area (Å²) in [4.78, 5) is 23.1. The second-order valence-electron chi connectivity index (χ2n) is 5.42. The molecule has 0 heterocycles. The minimum atomic E-state index is -0.808. The summed E-state index contributed by atoms with van der Waals surface area (Å²) >= 11 is 0. The van der Waals surface area contributed by atoms with Gasteiger partial charge in [0, 0.05) is 6.54 Å². The summed E-state index contributed by atoms with van der Waals surface area (Å²) < 4.78 is 0. The molecule has 1 unspecified atom stereocenters. The lowest BCUT2D eigenvalue weighted by Gasteiger charge is -2.26. The summed E-state index contributed by atoms with van der Waals surface area (Å²) in [5, 5.41) is 12.0. The quantitative estimate of drug-likeness (QED) is 0.664. The Labute approximate surface area is 108 Å². The van der Waals surface area contributed by atoms with Crippen molar-refractivity contribution in [1.29, 1.82) is 0 Å². The summed E-state index contributed by atoms with van der Waals surface area (Å²) in [6, 6.07) is -0.553. The third-order valence-electron chi connectivity index (χ3n) is 4.18. The van der Waals surface area contributed by atoms with Gasteiger partial charge in [-0.05, 0) is 18.8 Å². The molecular formula is C13H24N2O3. The Balaban J connectivity index is 2.53. The van der Waals surface area contributed by atoms with Crippen LogP contribution in [-0.2, 0) is 9.59 Å². The van der Waals surface area contributed by atoms with Crippen molar-refractivity contribution in [2.45, 2.75) is 52.0 Å². The van der Waals surface area contributed by atoms with E-state index in [2.05, 4.69) is 5.32 Å². The molecule has 5 heteroatoms. The molecule has 0 aliphatic heterocycles. The number of carbonyl (C=O) groups is 2. The molecule has 104 valence electrons. The monoisotopic (exact) mass is 256 g/mol. The van der Waals surface area contributed by atoms with Crippen LogP contribution < -0.4 is 11.1 Å². The molecule has 4 N–H and O–H groups in total.